The van der Waals surface area contributed by atoms with Gasteiger partial charge in [-0.2, -0.15) is 0 Å². The lowest BCUT2D eigenvalue weighted by molar-refractivity contribution is 0.0986. The first-order valence-corrected chi connectivity index (χ1v) is 9.25. The summed E-state index contributed by atoms with van der Waals surface area (Å²) in [5, 5.41) is 9.86. The molecule has 128 valence electrons. The maximum absolute atomic E-state index is 12.6. The van der Waals surface area contributed by atoms with Crippen LogP contribution in [0, 0.1) is 20.8 Å². The summed E-state index contributed by atoms with van der Waals surface area (Å²) < 4.78 is 0. The molecule has 3 heteroatoms. The van der Waals surface area contributed by atoms with Gasteiger partial charge in [-0.15, -0.1) is 11.3 Å². The van der Waals surface area contributed by atoms with E-state index in [2.05, 4.69) is 19.1 Å². The van der Waals surface area contributed by atoms with Crippen LogP contribution in [0.25, 0.3) is 11.1 Å². The molecule has 1 heterocycles. The molecule has 0 radical (unpaired) electrons. The minimum absolute atomic E-state index is 0.179. The highest BCUT2D eigenvalue weighted by Crippen LogP contribution is 2.32. The van der Waals surface area contributed by atoms with Gasteiger partial charge in [-0.1, -0.05) is 42.5 Å². The molecule has 1 aromatic heterocycles. The summed E-state index contributed by atoms with van der Waals surface area (Å²) in [6.45, 7) is 5.85. The first-order chi connectivity index (χ1) is 12.0. The Balaban J connectivity index is 1.74. The number of hydrogen-bond acceptors (Lipinski definition) is 3. The van der Waals surface area contributed by atoms with E-state index in [-0.39, 0.29) is 5.78 Å². The Morgan fingerprint density at radius 3 is 2.28 bits per heavy atom. The molecule has 0 aliphatic carbocycles. The second-order valence-corrected chi connectivity index (χ2v) is 7.70. The number of thiophene rings is 1. The number of rotatable bonds is 5. The van der Waals surface area contributed by atoms with Gasteiger partial charge in [0.15, 0.2) is 5.78 Å². The number of Topliss-reactive ketones (excluding diaryl/α,β-unsaturated/α-hetero) is 1. The number of ketones is 1. The predicted octanol–water partition coefficient (Wildman–Crippen LogP) is 5.86. The number of phenols is 1. The van der Waals surface area contributed by atoms with Crippen molar-refractivity contribution in [1.82, 2.24) is 0 Å². The van der Waals surface area contributed by atoms with E-state index in [0.29, 0.717) is 18.6 Å². The SMILES string of the molecule is Cc1cc(CCC(=O)c2cc(-c3ccccc3)c(C)s2)cc(C)c1O. The number of aromatic hydroxyl groups is 1. The fraction of sp³-hybridized carbons (Fsp3) is 0.227. The maximum Gasteiger partial charge on any atom is 0.173 e. The van der Waals surface area contributed by atoms with Crippen molar-refractivity contribution in [3.05, 3.63) is 75.0 Å². The van der Waals surface area contributed by atoms with Gasteiger partial charge in [0.05, 0.1) is 4.88 Å². The molecule has 0 unspecified atom stereocenters. The van der Waals surface area contributed by atoms with Gasteiger partial charge in [0.2, 0.25) is 0 Å². The van der Waals surface area contributed by atoms with Gasteiger partial charge < -0.3 is 5.11 Å². The molecule has 25 heavy (non-hydrogen) atoms. The molecule has 0 aliphatic rings. The molecule has 0 spiro atoms. The summed E-state index contributed by atoms with van der Waals surface area (Å²) in [6, 6.07) is 16.1. The average molecular weight is 350 g/mol. The van der Waals surface area contributed by atoms with Crippen LogP contribution in [0.2, 0.25) is 0 Å². The van der Waals surface area contributed by atoms with Gasteiger partial charge in [-0.3, -0.25) is 4.79 Å². The molecule has 2 aromatic carbocycles. The highest BCUT2D eigenvalue weighted by Gasteiger charge is 2.14. The summed E-state index contributed by atoms with van der Waals surface area (Å²) in [6.07, 6.45) is 1.18. The zero-order valence-electron chi connectivity index (χ0n) is 14.8. The Hall–Kier alpha value is -2.39. The summed E-state index contributed by atoms with van der Waals surface area (Å²) in [4.78, 5) is 14.6. The van der Waals surface area contributed by atoms with Crippen molar-refractivity contribution < 1.29 is 9.90 Å². The van der Waals surface area contributed by atoms with Crippen molar-refractivity contribution >= 4 is 17.1 Å². The lowest BCUT2D eigenvalue weighted by Gasteiger charge is -2.07. The number of aryl methyl sites for hydroxylation is 4. The Morgan fingerprint density at radius 2 is 1.64 bits per heavy atom. The lowest BCUT2D eigenvalue weighted by Crippen LogP contribution is -1.99. The van der Waals surface area contributed by atoms with Gasteiger partial charge in [-0.25, -0.2) is 0 Å². The largest absolute Gasteiger partial charge is 0.507 e. The number of hydrogen-bond donors (Lipinski definition) is 1. The third-order valence-corrected chi connectivity index (χ3v) is 5.56. The lowest BCUT2D eigenvalue weighted by atomic mass is 10.0. The molecule has 3 rings (SSSR count). The molecule has 0 saturated carbocycles. The molecule has 0 saturated heterocycles. The molecule has 2 nitrogen and oxygen atoms in total. The van der Waals surface area contributed by atoms with Crippen LogP contribution in [0.1, 0.15) is 37.7 Å². The van der Waals surface area contributed by atoms with Crippen molar-refractivity contribution in [2.75, 3.05) is 0 Å². The van der Waals surface area contributed by atoms with E-state index in [9.17, 15) is 9.90 Å². The third-order valence-electron chi connectivity index (χ3n) is 4.47. The fourth-order valence-electron chi connectivity index (χ4n) is 3.09. The average Bonchev–Trinajstić information content (AvgIpc) is 3.00. The van der Waals surface area contributed by atoms with Crippen molar-refractivity contribution in [3.8, 4) is 16.9 Å². The summed E-state index contributed by atoms with van der Waals surface area (Å²) >= 11 is 1.57. The summed E-state index contributed by atoms with van der Waals surface area (Å²) in [7, 11) is 0. The summed E-state index contributed by atoms with van der Waals surface area (Å²) in [5.74, 6) is 0.523. The van der Waals surface area contributed by atoms with Crippen LogP contribution in [-0.4, -0.2) is 10.9 Å². The van der Waals surface area contributed by atoms with Gasteiger partial charge in [0.25, 0.3) is 0 Å². The van der Waals surface area contributed by atoms with E-state index < -0.39 is 0 Å². The van der Waals surface area contributed by atoms with Crippen molar-refractivity contribution in [2.24, 2.45) is 0 Å². The summed E-state index contributed by atoms with van der Waals surface area (Å²) in [5.41, 5.74) is 5.12. The second kappa shape index (κ2) is 7.24. The molecular weight excluding hydrogens is 328 g/mol. The van der Waals surface area contributed by atoms with Gasteiger partial charge in [-0.05, 0) is 61.1 Å². The molecule has 0 atom stereocenters. The molecule has 0 bridgehead atoms. The maximum atomic E-state index is 12.6. The number of carbonyl (C=O) groups excluding carboxylic acids is 1. The third kappa shape index (κ3) is 3.83. The van der Waals surface area contributed by atoms with E-state index in [4.69, 9.17) is 0 Å². The number of phenolic OH excluding ortho intramolecular Hbond substituents is 1. The van der Waals surface area contributed by atoms with Crippen LogP contribution in [0.3, 0.4) is 0 Å². The number of carbonyl (C=O) groups is 1. The molecule has 0 amide bonds. The van der Waals surface area contributed by atoms with Crippen LogP contribution in [0.4, 0.5) is 0 Å². The smallest absolute Gasteiger partial charge is 0.173 e. The topological polar surface area (TPSA) is 37.3 Å². The number of benzene rings is 2. The monoisotopic (exact) mass is 350 g/mol. The second-order valence-electron chi connectivity index (χ2n) is 6.45. The van der Waals surface area contributed by atoms with E-state index in [1.165, 1.54) is 4.88 Å². The minimum atomic E-state index is 0.179. The molecule has 1 N–H and O–H groups in total. The first-order valence-electron chi connectivity index (χ1n) is 8.44. The Labute approximate surface area is 152 Å². The zero-order valence-corrected chi connectivity index (χ0v) is 15.6. The van der Waals surface area contributed by atoms with Crippen molar-refractivity contribution in [3.63, 3.8) is 0 Å². The predicted molar refractivity (Wildman–Crippen MR) is 105 cm³/mol. The molecule has 0 aliphatic heterocycles. The zero-order chi connectivity index (χ0) is 18.0. The van der Waals surface area contributed by atoms with Crippen LogP contribution in [-0.2, 0) is 6.42 Å². The molecule has 0 fully saturated rings. The quantitative estimate of drug-likeness (QED) is 0.585. The van der Waals surface area contributed by atoms with Crippen LogP contribution >= 0.6 is 11.3 Å². The molecular formula is C22H22O2S. The highest BCUT2D eigenvalue weighted by atomic mass is 32.1. The highest BCUT2D eigenvalue weighted by molar-refractivity contribution is 7.14. The first kappa shape index (κ1) is 17.4. The molecule has 3 aromatic rings. The van der Waals surface area contributed by atoms with Crippen LogP contribution in [0.15, 0.2) is 48.5 Å². The fourth-order valence-corrected chi connectivity index (χ4v) is 4.10. The Bertz CT molecular complexity index is 884. The Morgan fingerprint density at radius 1 is 1.00 bits per heavy atom. The van der Waals surface area contributed by atoms with E-state index in [1.54, 1.807) is 11.3 Å². The van der Waals surface area contributed by atoms with E-state index >= 15 is 0 Å². The minimum Gasteiger partial charge on any atom is -0.507 e. The van der Waals surface area contributed by atoms with Gasteiger partial charge in [0, 0.05) is 11.3 Å². The van der Waals surface area contributed by atoms with Crippen molar-refractivity contribution in [2.45, 2.75) is 33.6 Å². The van der Waals surface area contributed by atoms with Gasteiger partial charge in [0.1, 0.15) is 5.75 Å². The van der Waals surface area contributed by atoms with E-state index in [0.717, 1.165) is 32.7 Å². The van der Waals surface area contributed by atoms with Crippen LogP contribution in [0.5, 0.6) is 5.75 Å². The van der Waals surface area contributed by atoms with Crippen molar-refractivity contribution in [1.29, 1.82) is 0 Å². The normalized spacial score (nSPS) is 10.8. The Kier molecular flexibility index (Phi) is 5.05. The van der Waals surface area contributed by atoms with Gasteiger partial charge >= 0.3 is 0 Å². The van der Waals surface area contributed by atoms with Crippen LogP contribution < -0.4 is 0 Å². The van der Waals surface area contributed by atoms with E-state index in [1.807, 2.05) is 50.2 Å². The standard InChI is InChI=1S/C22H22O2S/c1-14-11-17(12-15(2)22(14)24)9-10-20(23)21-13-19(16(3)25-21)18-7-5-4-6-8-18/h4-8,11-13,24H,9-10H2,1-3H3.